The van der Waals surface area contributed by atoms with Gasteiger partial charge in [-0.25, -0.2) is 0 Å². The summed E-state index contributed by atoms with van der Waals surface area (Å²) in [6, 6.07) is 6.27. The van der Waals surface area contributed by atoms with Crippen molar-refractivity contribution in [3.8, 4) is 0 Å². The molecule has 0 aromatic heterocycles. The van der Waals surface area contributed by atoms with Crippen LogP contribution >= 0.6 is 0 Å². The molecule has 1 atom stereocenters. The lowest BCUT2D eigenvalue weighted by atomic mass is 9.76. The van der Waals surface area contributed by atoms with Crippen molar-refractivity contribution < 1.29 is 5.11 Å². The summed E-state index contributed by atoms with van der Waals surface area (Å²) in [5.74, 6) is 0. The fourth-order valence-electron chi connectivity index (χ4n) is 3.13. The van der Waals surface area contributed by atoms with E-state index < -0.39 is 6.10 Å². The second-order valence-electron chi connectivity index (χ2n) is 5.54. The van der Waals surface area contributed by atoms with Crippen molar-refractivity contribution in [1.29, 1.82) is 0 Å². The summed E-state index contributed by atoms with van der Waals surface area (Å²) in [6.07, 6.45) is 4.09. The van der Waals surface area contributed by atoms with Crippen molar-refractivity contribution in [2.75, 3.05) is 6.54 Å². The molecule has 1 aliphatic carbocycles. The van der Waals surface area contributed by atoms with Gasteiger partial charge in [0.25, 0.3) is 0 Å². The lowest BCUT2D eigenvalue weighted by Crippen LogP contribution is -2.34. The van der Waals surface area contributed by atoms with Gasteiger partial charge in [0.05, 0.1) is 6.10 Å². The van der Waals surface area contributed by atoms with Crippen LogP contribution in [0.4, 0.5) is 0 Å². The molecule has 0 heterocycles. The molecule has 17 heavy (non-hydrogen) atoms. The highest BCUT2D eigenvalue weighted by Crippen LogP contribution is 2.47. The summed E-state index contributed by atoms with van der Waals surface area (Å²) in [6.45, 7) is 4.74. The van der Waals surface area contributed by atoms with Gasteiger partial charge in [0.15, 0.2) is 0 Å². The molecular formula is C15H23NO. The summed E-state index contributed by atoms with van der Waals surface area (Å²) in [4.78, 5) is 0. The van der Waals surface area contributed by atoms with Crippen molar-refractivity contribution in [1.82, 2.24) is 0 Å². The second kappa shape index (κ2) is 4.79. The number of hydrogen-bond acceptors (Lipinski definition) is 2. The van der Waals surface area contributed by atoms with Crippen LogP contribution in [0.2, 0.25) is 0 Å². The average molecular weight is 233 g/mol. The van der Waals surface area contributed by atoms with Gasteiger partial charge in [-0.1, -0.05) is 36.6 Å². The normalized spacial score (nSPS) is 20.5. The Labute approximate surface area is 104 Å². The van der Waals surface area contributed by atoms with Crippen molar-refractivity contribution in [3.63, 3.8) is 0 Å². The third kappa shape index (κ3) is 2.24. The molecule has 0 bridgehead atoms. The molecule has 0 aliphatic heterocycles. The molecule has 1 aromatic rings. The van der Waals surface area contributed by atoms with E-state index in [2.05, 4.69) is 32.0 Å². The van der Waals surface area contributed by atoms with Crippen LogP contribution in [-0.4, -0.2) is 11.7 Å². The van der Waals surface area contributed by atoms with Gasteiger partial charge in [-0.05, 0) is 37.8 Å². The largest absolute Gasteiger partial charge is 0.388 e. The maximum absolute atomic E-state index is 10.7. The van der Waals surface area contributed by atoms with E-state index in [1.165, 1.54) is 24.0 Å². The number of nitrogens with two attached hydrogens (primary N) is 1. The highest BCUT2D eigenvalue weighted by atomic mass is 16.3. The third-order valence-corrected chi connectivity index (χ3v) is 4.31. The highest BCUT2D eigenvalue weighted by Gasteiger charge is 2.40. The third-order valence-electron chi connectivity index (χ3n) is 4.31. The van der Waals surface area contributed by atoms with E-state index >= 15 is 0 Å². The summed E-state index contributed by atoms with van der Waals surface area (Å²) < 4.78 is 0. The number of benzene rings is 1. The highest BCUT2D eigenvalue weighted by molar-refractivity contribution is 5.33. The molecule has 1 unspecified atom stereocenters. The monoisotopic (exact) mass is 233 g/mol. The van der Waals surface area contributed by atoms with E-state index in [-0.39, 0.29) is 5.41 Å². The minimum absolute atomic E-state index is 0.0833. The number of hydrogen-bond donors (Lipinski definition) is 2. The van der Waals surface area contributed by atoms with Crippen LogP contribution in [0, 0.1) is 19.3 Å². The molecule has 0 saturated heterocycles. The molecule has 94 valence electrons. The zero-order valence-corrected chi connectivity index (χ0v) is 10.9. The molecule has 1 aliphatic rings. The van der Waals surface area contributed by atoms with E-state index in [1.54, 1.807) is 0 Å². The Morgan fingerprint density at radius 1 is 1.29 bits per heavy atom. The Morgan fingerprint density at radius 3 is 2.47 bits per heavy atom. The molecule has 0 spiro atoms. The van der Waals surface area contributed by atoms with E-state index in [1.807, 2.05) is 0 Å². The van der Waals surface area contributed by atoms with E-state index in [9.17, 15) is 5.11 Å². The zero-order valence-electron chi connectivity index (χ0n) is 10.9. The topological polar surface area (TPSA) is 46.2 Å². The fraction of sp³-hybridized carbons (Fsp3) is 0.600. The van der Waals surface area contributed by atoms with Crippen LogP contribution in [0.5, 0.6) is 0 Å². The lowest BCUT2D eigenvalue weighted by molar-refractivity contribution is 0.0328. The first-order valence-corrected chi connectivity index (χ1v) is 6.54. The first kappa shape index (κ1) is 12.6. The van der Waals surface area contributed by atoms with Crippen molar-refractivity contribution in [3.05, 3.63) is 34.9 Å². The van der Waals surface area contributed by atoms with E-state index in [4.69, 9.17) is 5.73 Å². The molecule has 2 nitrogen and oxygen atoms in total. The molecule has 0 amide bonds. The number of rotatable bonds is 3. The van der Waals surface area contributed by atoms with Crippen LogP contribution in [0.25, 0.3) is 0 Å². The Morgan fingerprint density at radius 2 is 1.94 bits per heavy atom. The summed E-state index contributed by atoms with van der Waals surface area (Å²) in [5, 5.41) is 10.7. The molecule has 1 aromatic carbocycles. The Hall–Kier alpha value is -0.860. The van der Waals surface area contributed by atoms with Gasteiger partial charge in [-0.2, -0.15) is 0 Å². The van der Waals surface area contributed by atoms with Gasteiger partial charge < -0.3 is 10.8 Å². The number of aryl methyl sites for hydroxylation is 2. The standard InChI is InChI=1S/C15H23NO/c1-11-5-6-13(12(2)9-11)14(17)15(10-16)7-3-4-8-15/h5-6,9,14,17H,3-4,7-8,10,16H2,1-2H3. The smallest absolute Gasteiger partial charge is 0.0860 e. The SMILES string of the molecule is Cc1ccc(C(O)C2(CN)CCCC2)c(C)c1. The molecule has 0 radical (unpaired) electrons. The quantitative estimate of drug-likeness (QED) is 0.843. The van der Waals surface area contributed by atoms with Gasteiger partial charge in [-0.15, -0.1) is 0 Å². The van der Waals surface area contributed by atoms with Gasteiger partial charge in [0, 0.05) is 12.0 Å². The lowest BCUT2D eigenvalue weighted by Gasteiger charge is -2.34. The van der Waals surface area contributed by atoms with Crippen LogP contribution in [0.1, 0.15) is 48.5 Å². The summed E-state index contributed by atoms with van der Waals surface area (Å²) >= 11 is 0. The second-order valence-corrected chi connectivity index (χ2v) is 5.54. The van der Waals surface area contributed by atoms with Crippen LogP contribution in [0.3, 0.4) is 0 Å². The van der Waals surface area contributed by atoms with Gasteiger partial charge in [0.2, 0.25) is 0 Å². The first-order chi connectivity index (χ1) is 8.09. The van der Waals surface area contributed by atoms with Gasteiger partial charge >= 0.3 is 0 Å². The maximum Gasteiger partial charge on any atom is 0.0860 e. The fourth-order valence-corrected chi connectivity index (χ4v) is 3.13. The molecule has 2 rings (SSSR count). The van der Waals surface area contributed by atoms with Crippen molar-refractivity contribution in [2.45, 2.75) is 45.6 Å². The molecule has 1 saturated carbocycles. The molecule has 1 fully saturated rings. The Kier molecular flexibility index (Phi) is 3.55. The average Bonchev–Trinajstić information content (AvgIpc) is 2.78. The minimum Gasteiger partial charge on any atom is -0.388 e. The van der Waals surface area contributed by atoms with E-state index in [0.717, 1.165) is 18.4 Å². The number of aliphatic hydroxyl groups excluding tert-OH is 1. The Bertz CT molecular complexity index is 394. The summed E-state index contributed by atoms with van der Waals surface area (Å²) in [5.41, 5.74) is 9.32. The molecular weight excluding hydrogens is 210 g/mol. The minimum atomic E-state index is -0.407. The van der Waals surface area contributed by atoms with Crippen LogP contribution in [0.15, 0.2) is 18.2 Å². The van der Waals surface area contributed by atoms with Gasteiger partial charge in [0.1, 0.15) is 0 Å². The van der Waals surface area contributed by atoms with E-state index in [0.29, 0.717) is 6.54 Å². The van der Waals surface area contributed by atoms with Crippen LogP contribution < -0.4 is 5.73 Å². The molecule has 3 N–H and O–H groups in total. The predicted molar refractivity (Wildman–Crippen MR) is 70.8 cm³/mol. The van der Waals surface area contributed by atoms with Gasteiger partial charge in [-0.3, -0.25) is 0 Å². The van der Waals surface area contributed by atoms with Crippen LogP contribution in [-0.2, 0) is 0 Å². The Balaban J connectivity index is 2.32. The summed E-state index contributed by atoms with van der Waals surface area (Å²) in [7, 11) is 0. The zero-order chi connectivity index (χ0) is 12.5. The van der Waals surface area contributed by atoms with Crippen molar-refractivity contribution >= 4 is 0 Å². The van der Waals surface area contributed by atoms with Crippen molar-refractivity contribution in [2.24, 2.45) is 11.1 Å². The predicted octanol–water partition coefficient (Wildman–Crippen LogP) is 2.86. The molecule has 2 heteroatoms. The first-order valence-electron chi connectivity index (χ1n) is 6.54. The maximum atomic E-state index is 10.7. The number of aliphatic hydroxyl groups is 1.